The van der Waals surface area contributed by atoms with Gasteiger partial charge in [0.25, 0.3) is 0 Å². The fourth-order valence-corrected chi connectivity index (χ4v) is 3.79. The van der Waals surface area contributed by atoms with Crippen LogP contribution in [0.5, 0.6) is 0 Å². The number of hydrogen-bond donors (Lipinski definition) is 1. The predicted molar refractivity (Wildman–Crippen MR) is 103 cm³/mol. The molecule has 3 rings (SSSR count). The van der Waals surface area contributed by atoms with Crippen molar-refractivity contribution in [1.29, 1.82) is 5.26 Å². The summed E-state index contributed by atoms with van der Waals surface area (Å²) in [5.41, 5.74) is 10.3. The lowest BCUT2D eigenvalue weighted by atomic mass is 10.0. The van der Waals surface area contributed by atoms with E-state index in [4.69, 9.17) is 5.73 Å². The molecule has 1 fully saturated rings. The highest BCUT2D eigenvalue weighted by Crippen LogP contribution is 2.24. The Labute approximate surface area is 155 Å². The average Bonchev–Trinajstić information content (AvgIpc) is 2.91. The Kier molecular flexibility index (Phi) is 5.32. The van der Waals surface area contributed by atoms with Crippen molar-refractivity contribution >= 4 is 11.6 Å². The Morgan fingerprint density at radius 3 is 2.85 bits per heavy atom. The first-order valence-electron chi connectivity index (χ1n) is 9.22. The molecule has 0 aliphatic carbocycles. The molecule has 1 aromatic carbocycles. The van der Waals surface area contributed by atoms with E-state index in [1.165, 1.54) is 12.0 Å². The molecular weight excluding hydrogens is 324 g/mol. The van der Waals surface area contributed by atoms with Crippen LogP contribution >= 0.6 is 0 Å². The van der Waals surface area contributed by atoms with Crippen molar-refractivity contribution < 1.29 is 4.79 Å². The molecule has 136 valence electrons. The number of aryl methyl sites for hydroxylation is 1. The molecule has 5 heteroatoms. The SMILES string of the molecule is Cc1cccc(Cc2c(N)cc(C#N)n2CC(=O)N2CCCC[C@@H]2C)c1. The van der Waals surface area contributed by atoms with Crippen LogP contribution in [0.4, 0.5) is 5.69 Å². The van der Waals surface area contributed by atoms with Crippen molar-refractivity contribution in [3.63, 3.8) is 0 Å². The van der Waals surface area contributed by atoms with Crippen molar-refractivity contribution in [3.8, 4) is 6.07 Å². The van der Waals surface area contributed by atoms with E-state index in [0.717, 1.165) is 30.6 Å². The van der Waals surface area contributed by atoms with Gasteiger partial charge in [-0.25, -0.2) is 0 Å². The van der Waals surface area contributed by atoms with Crippen molar-refractivity contribution in [2.75, 3.05) is 12.3 Å². The number of piperidine rings is 1. The molecule has 2 aromatic rings. The first-order valence-corrected chi connectivity index (χ1v) is 9.22. The molecule has 1 aromatic heterocycles. The van der Waals surface area contributed by atoms with E-state index in [2.05, 4.69) is 19.1 Å². The number of rotatable bonds is 4. The molecule has 2 N–H and O–H groups in total. The summed E-state index contributed by atoms with van der Waals surface area (Å²) in [7, 11) is 0. The third kappa shape index (κ3) is 3.75. The van der Waals surface area contributed by atoms with Gasteiger partial charge >= 0.3 is 0 Å². The Hall–Kier alpha value is -2.74. The van der Waals surface area contributed by atoms with E-state index in [1.54, 1.807) is 10.6 Å². The standard InChI is InChI=1S/C21H26N4O/c1-15-6-5-8-17(10-15)11-20-19(23)12-18(13-22)25(20)14-21(26)24-9-4-3-7-16(24)2/h5-6,8,10,12,16H,3-4,7,9,11,14,23H2,1-2H3/t16-/m0/s1. The number of anilines is 1. The molecule has 1 atom stereocenters. The Bertz CT molecular complexity index is 846. The lowest BCUT2D eigenvalue weighted by Crippen LogP contribution is -2.43. The monoisotopic (exact) mass is 350 g/mol. The zero-order chi connectivity index (χ0) is 18.7. The minimum Gasteiger partial charge on any atom is -0.397 e. The van der Waals surface area contributed by atoms with E-state index in [9.17, 15) is 10.1 Å². The lowest BCUT2D eigenvalue weighted by Gasteiger charge is -2.33. The van der Waals surface area contributed by atoms with Gasteiger partial charge in [-0.3, -0.25) is 4.79 Å². The van der Waals surface area contributed by atoms with Gasteiger partial charge in [0.15, 0.2) is 0 Å². The number of aromatic nitrogens is 1. The van der Waals surface area contributed by atoms with Crippen LogP contribution in [0.1, 0.15) is 48.7 Å². The maximum Gasteiger partial charge on any atom is 0.242 e. The first kappa shape index (κ1) is 18.1. The van der Waals surface area contributed by atoms with Gasteiger partial charge in [-0.1, -0.05) is 29.8 Å². The molecule has 2 heterocycles. The Morgan fingerprint density at radius 1 is 1.35 bits per heavy atom. The summed E-state index contributed by atoms with van der Waals surface area (Å²) in [5.74, 6) is 0.0646. The second-order valence-corrected chi connectivity index (χ2v) is 7.23. The molecule has 0 radical (unpaired) electrons. The maximum absolute atomic E-state index is 12.9. The lowest BCUT2D eigenvalue weighted by molar-refractivity contribution is -0.135. The van der Waals surface area contributed by atoms with Crippen LogP contribution in [0.25, 0.3) is 0 Å². The van der Waals surface area contributed by atoms with E-state index < -0.39 is 0 Å². The van der Waals surface area contributed by atoms with Crippen molar-refractivity contribution in [1.82, 2.24) is 9.47 Å². The van der Waals surface area contributed by atoms with Gasteiger partial charge in [0, 0.05) is 24.7 Å². The topological polar surface area (TPSA) is 75.0 Å². The van der Waals surface area contributed by atoms with Crippen molar-refractivity contribution in [2.45, 2.75) is 52.1 Å². The third-order valence-corrected chi connectivity index (χ3v) is 5.23. The number of benzene rings is 1. The van der Waals surface area contributed by atoms with Crippen LogP contribution in [0.3, 0.4) is 0 Å². The molecule has 0 spiro atoms. The van der Waals surface area contributed by atoms with Gasteiger partial charge in [0.1, 0.15) is 18.3 Å². The average molecular weight is 350 g/mol. The number of hydrogen-bond acceptors (Lipinski definition) is 3. The molecule has 1 aliphatic heterocycles. The highest BCUT2D eigenvalue weighted by molar-refractivity contribution is 5.77. The predicted octanol–water partition coefficient (Wildman–Crippen LogP) is 3.24. The van der Waals surface area contributed by atoms with Crippen molar-refractivity contribution in [3.05, 3.63) is 52.8 Å². The van der Waals surface area contributed by atoms with Crippen LogP contribution in [-0.2, 0) is 17.8 Å². The highest BCUT2D eigenvalue weighted by Gasteiger charge is 2.25. The minimum absolute atomic E-state index is 0.0646. The molecule has 1 amide bonds. The van der Waals surface area contributed by atoms with E-state index in [0.29, 0.717) is 17.8 Å². The normalized spacial score (nSPS) is 17.1. The van der Waals surface area contributed by atoms with Crippen LogP contribution in [0.2, 0.25) is 0 Å². The largest absolute Gasteiger partial charge is 0.397 e. The van der Waals surface area contributed by atoms with Crippen LogP contribution in [0.15, 0.2) is 30.3 Å². The summed E-state index contributed by atoms with van der Waals surface area (Å²) in [4.78, 5) is 14.8. The van der Waals surface area contributed by atoms with Gasteiger partial charge < -0.3 is 15.2 Å². The summed E-state index contributed by atoms with van der Waals surface area (Å²) in [5, 5.41) is 9.49. The van der Waals surface area contributed by atoms with E-state index >= 15 is 0 Å². The zero-order valence-electron chi connectivity index (χ0n) is 15.5. The number of carbonyl (C=O) groups excluding carboxylic acids is 1. The molecule has 5 nitrogen and oxygen atoms in total. The minimum atomic E-state index is 0.0646. The quantitative estimate of drug-likeness (QED) is 0.920. The number of carbonyl (C=O) groups is 1. The number of nitrogen functional groups attached to an aromatic ring is 1. The van der Waals surface area contributed by atoms with E-state index in [1.807, 2.05) is 30.0 Å². The molecular formula is C21H26N4O. The Balaban J connectivity index is 1.88. The summed E-state index contributed by atoms with van der Waals surface area (Å²) in [6.07, 6.45) is 3.87. The number of likely N-dealkylation sites (tertiary alicyclic amines) is 1. The summed E-state index contributed by atoms with van der Waals surface area (Å²) in [6, 6.07) is 12.3. The molecule has 0 bridgehead atoms. The fraction of sp³-hybridized carbons (Fsp3) is 0.429. The second-order valence-electron chi connectivity index (χ2n) is 7.23. The van der Waals surface area contributed by atoms with Gasteiger partial charge in [0.2, 0.25) is 5.91 Å². The third-order valence-electron chi connectivity index (χ3n) is 5.23. The van der Waals surface area contributed by atoms with Gasteiger partial charge in [0.05, 0.1) is 5.69 Å². The second kappa shape index (κ2) is 7.65. The highest BCUT2D eigenvalue weighted by atomic mass is 16.2. The molecule has 0 unspecified atom stereocenters. The van der Waals surface area contributed by atoms with Gasteiger partial charge in [-0.05, 0) is 44.7 Å². The molecule has 26 heavy (non-hydrogen) atoms. The van der Waals surface area contributed by atoms with E-state index in [-0.39, 0.29) is 18.5 Å². The molecule has 1 aliphatic rings. The zero-order valence-corrected chi connectivity index (χ0v) is 15.5. The smallest absolute Gasteiger partial charge is 0.242 e. The summed E-state index contributed by atoms with van der Waals surface area (Å²) < 4.78 is 1.79. The summed E-state index contributed by atoms with van der Waals surface area (Å²) >= 11 is 0. The van der Waals surface area contributed by atoms with Gasteiger partial charge in [-0.15, -0.1) is 0 Å². The number of amides is 1. The molecule has 0 saturated carbocycles. The van der Waals surface area contributed by atoms with Crippen molar-refractivity contribution in [2.24, 2.45) is 0 Å². The van der Waals surface area contributed by atoms with Crippen LogP contribution in [-0.4, -0.2) is 28.0 Å². The number of nitrogens with two attached hydrogens (primary N) is 1. The number of nitriles is 1. The first-order chi connectivity index (χ1) is 12.5. The Morgan fingerprint density at radius 2 is 2.15 bits per heavy atom. The fourth-order valence-electron chi connectivity index (χ4n) is 3.79. The van der Waals surface area contributed by atoms with Crippen LogP contribution in [0, 0.1) is 18.3 Å². The molecule has 1 saturated heterocycles. The maximum atomic E-state index is 12.9. The summed E-state index contributed by atoms with van der Waals surface area (Å²) in [6.45, 7) is 5.12. The van der Waals surface area contributed by atoms with Crippen LogP contribution < -0.4 is 5.73 Å². The number of nitrogens with zero attached hydrogens (tertiary/aromatic N) is 3. The van der Waals surface area contributed by atoms with Gasteiger partial charge in [-0.2, -0.15) is 5.26 Å².